The number of ether oxygens (including phenoxy) is 1. The second-order valence-electron chi connectivity index (χ2n) is 4.45. The van der Waals surface area contributed by atoms with Gasteiger partial charge >= 0.3 is 0 Å². The van der Waals surface area contributed by atoms with Crippen molar-refractivity contribution in [1.82, 2.24) is 9.97 Å². The summed E-state index contributed by atoms with van der Waals surface area (Å²) in [6, 6.07) is 5.97. The molecule has 1 aromatic carbocycles. The number of hydrogen-bond acceptors (Lipinski definition) is 4. The lowest BCUT2D eigenvalue weighted by Crippen LogP contribution is -1.97. The highest BCUT2D eigenvalue weighted by Crippen LogP contribution is 2.30. The van der Waals surface area contributed by atoms with E-state index in [9.17, 15) is 0 Å². The maximum absolute atomic E-state index is 5.58. The van der Waals surface area contributed by atoms with Crippen LogP contribution in [0.1, 0.15) is 25.3 Å². The minimum Gasteiger partial charge on any atom is -0.496 e. The molecule has 1 aromatic heterocycles. The zero-order chi connectivity index (χ0) is 13.1. The molecular formula is C14H17N3O. The first kappa shape index (κ1) is 12.4. The van der Waals surface area contributed by atoms with E-state index in [1.807, 2.05) is 12.1 Å². The average Bonchev–Trinajstić information content (AvgIpc) is 2.39. The van der Waals surface area contributed by atoms with E-state index in [0.29, 0.717) is 17.4 Å². The van der Waals surface area contributed by atoms with Crippen molar-refractivity contribution >= 4 is 5.69 Å². The smallest absolute Gasteiger partial charge is 0.159 e. The third kappa shape index (κ3) is 2.42. The summed E-state index contributed by atoms with van der Waals surface area (Å²) < 4.78 is 5.36. The number of rotatable bonds is 3. The fourth-order valence-electron chi connectivity index (χ4n) is 1.81. The lowest BCUT2D eigenvalue weighted by atomic mass is 9.99. The van der Waals surface area contributed by atoms with Gasteiger partial charge in [-0.1, -0.05) is 13.8 Å². The van der Waals surface area contributed by atoms with E-state index in [2.05, 4.69) is 29.9 Å². The zero-order valence-corrected chi connectivity index (χ0v) is 10.8. The van der Waals surface area contributed by atoms with Crippen molar-refractivity contribution in [2.45, 2.75) is 19.8 Å². The number of nitrogen functional groups attached to an aromatic ring is 1. The molecule has 4 nitrogen and oxygen atoms in total. The Labute approximate surface area is 107 Å². The lowest BCUT2D eigenvalue weighted by Gasteiger charge is -2.13. The first-order valence-corrected chi connectivity index (χ1v) is 5.87. The molecule has 2 aromatic rings. The number of aromatic nitrogens is 2. The van der Waals surface area contributed by atoms with Crippen LogP contribution in [0.2, 0.25) is 0 Å². The second kappa shape index (κ2) is 5.04. The summed E-state index contributed by atoms with van der Waals surface area (Å²) in [4.78, 5) is 8.46. The summed E-state index contributed by atoms with van der Waals surface area (Å²) in [7, 11) is 1.68. The molecule has 2 N–H and O–H groups in total. The Morgan fingerprint density at radius 3 is 2.39 bits per heavy atom. The molecule has 94 valence electrons. The molecule has 4 heteroatoms. The minimum absolute atomic E-state index is 0.383. The van der Waals surface area contributed by atoms with E-state index >= 15 is 0 Å². The van der Waals surface area contributed by atoms with Gasteiger partial charge in [-0.3, -0.25) is 0 Å². The molecule has 0 bridgehead atoms. The van der Waals surface area contributed by atoms with Crippen LogP contribution in [0, 0.1) is 0 Å². The van der Waals surface area contributed by atoms with Gasteiger partial charge in [-0.25, -0.2) is 9.97 Å². The van der Waals surface area contributed by atoms with Crippen LogP contribution in [0.5, 0.6) is 5.75 Å². The molecule has 0 aliphatic heterocycles. The molecular weight excluding hydrogens is 226 g/mol. The highest BCUT2D eigenvalue weighted by Gasteiger charge is 2.10. The van der Waals surface area contributed by atoms with Crippen molar-refractivity contribution in [3.63, 3.8) is 0 Å². The van der Waals surface area contributed by atoms with Gasteiger partial charge in [-0.15, -0.1) is 0 Å². The number of nitrogens with two attached hydrogens (primary N) is 1. The van der Waals surface area contributed by atoms with Gasteiger partial charge in [0.2, 0.25) is 0 Å². The van der Waals surface area contributed by atoms with E-state index < -0.39 is 0 Å². The van der Waals surface area contributed by atoms with E-state index in [-0.39, 0.29) is 0 Å². The highest BCUT2D eigenvalue weighted by atomic mass is 16.5. The average molecular weight is 243 g/mol. The molecule has 0 radical (unpaired) electrons. The molecule has 0 atom stereocenters. The molecule has 1 heterocycles. The standard InChI is InChI=1S/C14H17N3O/c1-9(2)12-6-10(4-5-13(12)18-3)14-16-7-11(15)8-17-14/h4-9H,15H2,1-3H3. The van der Waals surface area contributed by atoms with Crippen LogP contribution < -0.4 is 10.5 Å². The maximum atomic E-state index is 5.58. The number of nitrogens with zero attached hydrogens (tertiary/aromatic N) is 2. The molecule has 0 unspecified atom stereocenters. The first-order chi connectivity index (χ1) is 8.61. The Hall–Kier alpha value is -2.10. The van der Waals surface area contributed by atoms with E-state index in [4.69, 9.17) is 10.5 Å². The fraction of sp³-hybridized carbons (Fsp3) is 0.286. The number of methoxy groups -OCH3 is 1. The van der Waals surface area contributed by atoms with Crippen molar-refractivity contribution in [2.75, 3.05) is 12.8 Å². The van der Waals surface area contributed by atoms with Crippen LogP contribution in [0.25, 0.3) is 11.4 Å². The first-order valence-electron chi connectivity index (χ1n) is 5.87. The fourth-order valence-corrected chi connectivity index (χ4v) is 1.81. The Bertz CT molecular complexity index is 535. The Morgan fingerprint density at radius 2 is 1.83 bits per heavy atom. The van der Waals surface area contributed by atoms with Gasteiger partial charge in [-0.05, 0) is 29.7 Å². The van der Waals surface area contributed by atoms with Gasteiger partial charge in [-0.2, -0.15) is 0 Å². The van der Waals surface area contributed by atoms with Crippen LogP contribution >= 0.6 is 0 Å². The number of benzene rings is 1. The van der Waals surface area contributed by atoms with Crippen molar-refractivity contribution in [2.24, 2.45) is 0 Å². The second-order valence-corrected chi connectivity index (χ2v) is 4.45. The Morgan fingerprint density at radius 1 is 1.17 bits per heavy atom. The molecule has 0 saturated heterocycles. The molecule has 0 saturated carbocycles. The van der Waals surface area contributed by atoms with E-state index in [0.717, 1.165) is 16.9 Å². The van der Waals surface area contributed by atoms with Crippen LogP contribution in [-0.4, -0.2) is 17.1 Å². The molecule has 0 aliphatic carbocycles. The Balaban J connectivity index is 2.46. The van der Waals surface area contributed by atoms with Crippen molar-refractivity contribution in [3.8, 4) is 17.1 Å². The molecule has 0 amide bonds. The van der Waals surface area contributed by atoms with Gasteiger partial charge in [0.05, 0.1) is 25.2 Å². The quantitative estimate of drug-likeness (QED) is 0.900. The molecule has 0 aliphatic rings. The predicted octanol–water partition coefficient (Wildman–Crippen LogP) is 2.86. The summed E-state index contributed by atoms with van der Waals surface area (Å²) in [6.07, 6.45) is 3.23. The van der Waals surface area contributed by atoms with Crippen LogP contribution in [0.3, 0.4) is 0 Å². The van der Waals surface area contributed by atoms with Crippen LogP contribution in [0.4, 0.5) is 5.69 Å². The predicted molar refractivity (Wildman–Crippen MR) is 72.5 cm³/mol. The van der Waals surface area contributed by atoms with E-state index in [1.165, 1.54) is 0 Å². The highest BCUT2D eigenvalue weighted by molar-refractivity contribution is 5.59. The summed E-state index contributed by atoms with van der Waals surface area (Å²) in [6.45, 7) is 4.26. The third-order valence-electron chi connectivity index (χ3n) is 2.78. The summed E-state index contributed by atoms with van der Waals surface area (Å²) in [5.74, 6) is 1.95. The largest absolute Gasteiger partial charge is 0.496 e. The molecule has 18 heavy (non-hydrogen) atoms. The lowest BCUT2D eigenvalue weighted by molar-refractivity contribution is 0.407. The topological polar surface area (TPSA) is 61.0 Å². The number of hydrogen-bond donors (Lipinski definition) is 1. The summed E-state index contributed by atoms with van der Waals surface area (Å²) >= 11 is 0. The zero-order valence-electron chi connectivity index (χ0n) is 10.8. The maximum Gasteiger partial charge on any atom is 0.159 e. The number of anilines is 1. The van der Waals surface area contributed by atoms with Crippen LogP contribution in [0.15, 0.2) is 30.6 Å². The van der Waals surface area contributed by atoms with Gasteiger partial charge in [0.15, 0.2) is 5.82 Å². The van der Waals surface area contributed by atoms with Gasteiger partial charge in [0, 0.05) is 5.56 Å². The van der Waals surface area contributed by atoms with Gasteiger partial charge in [0.25, 0.3) is 0 Å². The van der Waals surface area contributed by atoms with E-state index in [1.54, 1.807) is 19.5 Å². The molecule has 2 rings (SSSR count). The minimum atomic E-state index is 0.383. The Kier molecular flexibility index (Phi) is 3.46. The SMILES string of the molecule is COc1ccc(-c2ncc(N)cn2)cc1C(C)C. The van der Waals surface area contributed by atoms with Crippen molar-refractivity contribution < 1.29 is 4.74 Å². The van der Waals surface area contributed by atoms with Crippen LogP contribution in [-0.2, 0) is 0 Å². The normalized spacial score (nSPS) is 10.7. The molecule has 0 fully saturated rings. The van der Waals surface area contributed by atoms with Crippen molar-refractivity contribution in [3.05, 3.63) is 36.2 Å². The van der Waals surface area contributed by atoms with Crippen molar-refractivity contribution in [1.29, 1.82) is 0 Å². The monoisotopic (exact) mass is 243 g/mol. The summed E-state index contributed by atoms with van der Waals surface area (Å²) in [5, 5.41) is 0. The molecule has 0 spiro atoms. The van der Waals surface area contributed by atoms with Gasteiger partial charge < -0.3 is 10.5 Å². The van der Waals surface area contributed by atoms with Gasteiger partial charge in [0.1, 0.15) is 5.75 Å². The third-order valence-corrected chi connectivity index (χ3v) is 2.78. The summed E-state index contributed by atoms with van der Waals surface area (Å²) in [5.41, 5.74) is 8.27.